The van der Waals surface area contributed by atoms with Crippen molar-refractivity contribution in [2.75, 3.05) is 7.05 Å². The smallest absolute Gasteiger partial charge is 0.131 e. The molecule has 0 aliphatic heterocycles. The van der Waals surface area contributed by atoms with Crippen molar-refractivity contribution in [1.82, 2.24) is 0 Å². The van der Waals surface area contributed by atoms with Crippen molar-refractivity contribution in [3.05, 3.63) is 0 Å². The summed E-state index contributed by atoms with van der Waals surface area (Å²) in [5.74, 6) is 0. The number of rotatable bonds is 1. The average Bonchev–Trinajstić information content (AvgIpc) is 1.41. The Morgan fingerprint density at radius 2 is 2.40 bits per heavy atom. The molecule has 0 spiro atoms. The summed E-state index contributed by atoms with van der Waals surface area (Å²) in [5, 5.41) is 2.81. The van der Waals surface area contributed by atoms with Crippen molar-refractivity contribution in [3.63, 3.8) is 0 Å². The highest BCUT2D eigenvalue weighted by Gasteiger charge is 1.43. The second-order valence-corrected chi connectivity index (χ2v) is 0.503. The van der Waals surface area contributed by atoms with Crippen LogP contribution in [0.5, 0.6) is 0 Å². The zero-order chi connectivity index (χ0) is 4.12. The van der Waals surface area contributed by atoms with Crippen molar-refractivity contribution >= 4 is 6.34 Å². The predicted octanol–water partition coefficient (Wildman–Crippen LogP) is 0.675. The zero-order valence-electron chi connectivity index (χ0n) is 2.97. The molecule has 0 atom stereocenters. The number of aliphatic imine (C=N–C) groups is 1. The fourth-order valence-corrected chi connectivity index (χ4v) is 0.0577. The highest BCUT2D eigenvalue weighted by Crippen LogP contribution is 1.49. The molecule has 0 aliphatic rings. The van der Waals surface area contributed by atoms with Crippen LogP contribution < -0.4 is 0 Å². The molecule has 0 aromatic carbocycles. The van der Waals surface area contributed by atoms with E-state index in [1.54, 1.807) is 7.05 Å². The SMILES string of the molecule is CN=CN=N. The van der Waals surface area contributed by atoms with Crippen LogP contribution in [0.25, 0.3) is 0 Å². The average molecular weight is 71.1 g/mol. The van der Waals surface area contributed by atoms with Crippen LogP contribution in [0, 0.1) is 5.53 Å². The topological polar surface area (TPSA) is 48.6 Å². The Morgan fingerprint density at radius 1 is 1.80 bits per heavy atom. The van der Waals surface area contributed by atoms with Gasteiger partial charge in [0.25, 0.3) is 0 Å². The van der Waals surface area contributed by atoms with Crippen LogP contribution >= 0.6 is 0 Å². The molecule has 5 heavy (non-hydrogen) atoms. The van der Waals surface area contributed by atoms with E-state index >= 15 is 0 Å². The van der Waals surface area contributed by atoms with E-state index in [-0.39, 0.29) is 0 Å². The third-order valence-electron chi connectivity index (χ3n) is 0.173. The summed E-state index contributed by atoms with van der Waals surface area (Å²) in [5.41, 5.74) is 6.08. The Hall–Kier alpha value is -0.730. The summed E-state index contributed by atoms with van der Waals surface area (Å²) < 4.78 is 0. The Morgan fingerprint density at radius 3 is 2.40 bits per heavy atom. The lowest BCUT2D eigenvalue weighted by atomic mass is 11.3. The van der Waals surface area contributed by atoms with Gasteiger partial charge in [-0.2, -0.15) is 0 Å². The molecule has 0 saturated heterocycles. The second-order valence-electron chi connectivity index (χ2n) is 0.503. The molecule has 0 aromatic heterocycles. The van der Waals surface area contributed by atoms with Gasteiger partial charge in [-0.3, -0.25) is 4.99 Å². The van der Waals surface area contributed by atoms with E-state index < -0.39 is 0 Å². The van der Waals surface area contributed by atoms with Gasteiger partial charge in [0, 0.05) is 7.05 Å². The van der Waals surface area contributed by atoms with E-state index in [2.05, 4.69) is 10.1 Å². The number of nitrogens with zero attached hydrogens (tertiary/aromatic N) is 2. The van der Waals surface area contributed by atoms with Gasteiger partial charge in [0.15, 0.2) is 0 Å². The van der Waals surface area contributed by atoms with Gasteiger partial charge in [0.05, 0.1) is 0 Å². The molecular weight excluding hydrogens is 66.0 g/mol. The number of hydrogen-bond acceptors (Lipinski definition) is 2. The minimum atomic E-state index is 1.17. The molecule has 0 aromatic rings. The monoisotopic (exact) mass is 71.0 g/mol. The summed E-state index contributed by atoms with van der Waals surface area (Å²) in [6.45, 7) is 0. The quantitative estimate of drug-likeness (QED) is 0.268. The fourth-order valence-electron chi connectivity index (χ4n) is 0.0577. The van der Waals surface area contributed by atoms with Gasteiger partial charge < -0.3 is 0 Å². The highest BCUT2D eigenvalue weighted by atomic mass is 15.0. The van der Waals surface area contributed by atoms with Gasteiger partial charge in [0.2, 0.25) is 0 Å². The first-order valence-corrected chi connectivity index (χ1v) is 1.19. The molecule has 3 heteroatoms. The Bertz CT molecular complexity index is 46.9. The molecule has 0 radical (unpaired) electrons. The van der Waals surface area contributed by atoms with Crippen molar-refractivity contribution in [3.8, 4) is 0 Å². The van der Waals surface area contributed by atoms with Gasteiger partial charge >= 0.3 is 0 Å². The third kappa shape index (κ3) is 3.27. The van der Waals surface area contributed by atoms with Crippen LogP contribution in [0.2, 0.25) is 0 Å². The Balaban J connectivity index is 2.92. The van der Waals surface area contributed by atoms with Gasteiger partial charge in [0.1, 0.15) is 6.34 Å². The summed E-state index contributed by atoms with van der Waals surface area (Å²) in [6.07, 6.45) is 1.17. The molecule has 0 saturated carbocycles. The second kappa shape index (κ2) is 3.27. The molecule has 28 valence electrons. The lowest BCUT2D eigenvalue weighted by Gasteiger charge is -1.57. The van der Waals surface area contributed by atoms with Gasteiger partial charge in [-0.25, -0.2) is 5.53 Å². The molecule has 0 aliphatic carbocycles. The van der Waals surface area contributed by atoms with E-state index in [0.717, 1.165) is 0 Å². The lowest BCUT2D eigenvalue weighted by molar-refractivity contribution is 1.20. The van der Waals surface area contributed by atoms with Crippen LogP contribution in [-0.2, 0) is 0 Å². The first-order valence-electron chi connectivity index (χ1n) is 1.19. The summed E-state index contributed by atoms with van der Waals surface area (Å²) in [7, 11) is 1.57. The van der Waals surface area contributed by atoms with Crippen molar-refractivity contribution in [2.24, 2.45) is 10.1 Å². The van der Waals surface area contributed by atoms with Crippen molar-refractivity contribution in [1.29, 1.82) is 5.53 Å². The maximum Gasteiger partial charge on any atom is 0.131 e. The molecule has 0 unspecified atom stereocenters. The molecule has 1 N–H and O–H groups in total. The summed E-state index contributed by atoms with van der Waals surface area (Å²) >= 11 is 0. The van der Waals surface area contributed by atoms with Gasteiger partial charge in [-0.1, -0.05) is 0 Å². The van der Waals surface area contributed by atoms with Crippen LogP contribution in [0.4, 0.5) is 0 Å². The molecule has 0 rings (SSSR count). The van der Waals surface area contributed by atoms with Gasteiger partial charge in [-0.05, 0) is 0 Å². The predicted molar refractivity (Wildman–Crippen MR) is 19.6 cm³/mol. The van der Waals surface area contributed by atoms with Crippen LogP contribution in [-0.4, -0.2) is 13.4 Å². The largest absolute Gasteiger partial charge is 0.275 e. The summed E-state index contributed by atoms with van der Waals surface area (Å²) in [4.78, 5) is 3.38. The molecule has 0 fully saturated rings. The van der Waals surface area contributed by atoms with Crippen LogP contribution in [0.3, 0.4) is 0 Å². The molecule has 0 heterocycles. The fraction of sp³-hybridized carbons (Fsp3) is 0.500. The van der Waals surface area contributed by atoms with E-state index in [9.17, 15) is 0 Å². The van der Waals surface area contributed by atoms with E-state index in [4.69, 9.17) is 5.53 Å². The Kier molecular flexibility index (Phi) is 2.79. The first kappa shape index (κ1) is 4.27. The zero-order valence-corrected chi connectivity index (χ0v) is 2.97. The maximum atomic E-state index is 6.08. The minimum Gasteiger partial charge on any atom is -0.275 e. The molecule has 0 bridgehead atoms. The van der Waals surface area contributed by atoms with Crippen molar-refractivity contribution in [2.45, 2.75) is 0 Å². The van der Waals surface area contributed by atoms with E-state index in [1.807, 2.05) is 0 Å². The number of nitrogens with one attached hydrogen (secondary N) is 1. The minimum absolute atomic E-state index is 1.17. The molecular formula is C2H5N3. The lowest BCUT2D eigenvalue weighted by Crippen LogP contribution is -1.52. The van der Waals surface area contributed by atoms with Crippen LogP contribution in [0.15, 0.2) is 10.1 Å². The highest BCUT2D eigenvalue weighted by molar-refractivity contribution is 5.53. The standard InChI is InChI=1S/C2H5N3/c1-4-2-5-3/h2-3H,1H3. The van der Waals surface area contributed by atoms with E-state index in [1.165, 1.54) is 6.34 Å². The van der Waals surface area contributed by atoms with E-state index in [0.29, 0.717) is 0 Å². The Labute approximate surface area is 30.2 Å². The molecule has 3 nitrogen and oxygen atoms in total. The maximum absolute atomic E-state index is 6.08. The number of hydrogen-bond donors (Lipinski definition) is 1. The molecule has 0 amide bonds. The van der Waals surface area contributed by atoms with Crippen LogP contribution in [0.1, 0.15) is 0 Å². The summed E-state index contributed by atoms with van der Waals surface area (Å²) in [6, 6.07) is 0. The normalized spacial score (nSPS) is 9.00. The van der Waals surface area contributed by atoms with Gasteiger partial charge in [-0.15, -0.1) is 5.11 Å². The first-order chi connectivity index (χ1) is 2.41. The third-order valence-corrected chi connectivity index (χ3v) is 0.173. The van der Waals surface area contributed by atoms with Crippen molar-refractivity contribution < 1.29 is 0 Å².